The molecule has 4 nitrogen and oxygen atoms in total. The maximum Gasteiger partial charge on any atom is 0.338 e. The molecular weight excluding hydrogens is 339 g/mol. The van der Waals surface area contributed by atoms with Gasteiger partial charge < -0.3 is 14.3 Å². The number of carbonyl (C=O) groups excluding carboxylic acids is 1. The minimum Gasteiger partial charge on any atom is -0.457 e. The van der Waals surface area contributed by atoms with Crippen molar-refractivity contribution in [1.29, 1.82) is 0 Å². The van der Waals surface area contributed by atoms with Gasteiger partial charge in [0.05, 0.1) is 24.6 Å². The van der Waals surface area contributed by atoms with Crippen LogP contribution in [0.25, 0.3) is 0 Å². The van der Waals surface area contributed by atoms with Crippen molar-refractivity contribution >= 4 is 14.3 Å². The van der Waals surface area contributed by atoms with E-state index in [0.29, 0.717) is 11.9 Å². The molecule has 0 spiro atoms. The zero-order valence-corrected chi connectivity index (χ0v) is 16.7. The molecule has 0 aliphatic heterocycles. The lowest BCUT2D eigenvalue weighted by Crippen LogP contribution is -2.42. The number of aliphatic hydroxyl groups is 1. The van der Waals surface area contributed by atoms with E-state index >= 15 is 0 Å². The van der Waals surface area contributed by atoms with E-state index in [0.717, 1.165) is 0 Å². The summed E-state index contributed by atoms with van der Waals surface area (Å²) in [5.41, 5.74) is 0.623. The smallest absolute Gasteiger partial charge is 0.338 e. The molecule has 0 amide bonds. The molecule has 0 fully saturated rings. The van der Waals surface area contributed by atoms with Crippen LogP contribution >= 0.6 is 0 Å². The van der Waals surface area contributed by atoms with E-state index in [4.69, 9.17) is 9.16 Å². The lowest BCUT2D eigenvalue weighted by atomic mass is 10.1. The van der Waals surface area contributed by atoms with Crippen LogP contribution in [-0.2, 0) is 9.16 Å². The standard InChI is InChI=1S/C19H29FO4Si/c1-19(2,3)25(4,5)24-14-17(21)11-15(12-20)13-23-18(22)16-9-7-6-8-10-16/h6-10,12,17,21H,11,13-14H2,1-5H3. The zero-order valence-electron chi connectivity index (χ0n) is 15.7. The molecule has 0 aromatic heterocycles. The number of esters is 1. The molecule has 6 heteroatoms. The molecule has 1 unspecified atom stereocenters. The summed E-state index contributed by atoms with van der Waals surface area (Å²) in [5, 5.41) is 10.1. The third-order valence-corrected chi connectivity index (χ3v) is 8.99. The largest absolute Gasteiger partial charge is 0.457 e. The first-order valence-electron chi connectivity index (χ1n) is 8.39. The number of benzene rings is 1. The predicted octanol–water partition coefficient (Wildman–Crippen LogP) is 4.47. The Kier molecular flexibility index (Phi) is 7.98. The molecule has 0 saturated carbocycles. The Hall–Kier alpha value is -1.50. The quantitative estimate of drug-likeness (QED) is 0.543. The predicted molar refractivity (Wildman–Crippen MR) is 99.7 cm³/mol. The summed E-state index contributed by atoms with van der Waals surface area (Å²) in [5.74, 6) is -0.521. The summed E-state index contributed by atoms with van der Waals surface area (Å²) in [7, 11) is -1.97. The summed E-state index contributed by atoms with van der Waals surface area (Å²) in [4.78, 5) is 11.9. The summed E-state index contributed by atoms with van der Waals surface area (Å²) in [6.07, 6.45) is -0.396. The molecule has 0 bridgehead atoms. The van der Waals surface area contributed by atoms with Crippen LogP contribution in [0.1, 0.15) is 37.6 Å². The molecule has 0 saturated heterocycles. The monoisotopic (exact) mass is 368 g/mol. The van der Waals surface area contributed by atoms with E-state index in [9.17, 15) is 14.3 Å². The van der Waals surface area contributed by atoms with Crippen molar-refractivity contribution in [3.8, 4) is 0 Å². The molecule has 1 aromatic rings. The van der Waals surface area contributed by atoms with Crippen LogP contribution in [0.4, 0.5) is 4.39 Å². The lowest BCUT2D eigenvalue weighted by molar-refractivity contribution is 0.0517. The van der Waals surface area contributed by atoms with E-state index in [-0.39, 0.29) is 30.2 Å². The molecule has 0 radical (unpaired) electrons. The van der Waals surface area contributed by atoms with Crippen LogP contribution in [0.2, 0.25) is 18.1 Å². The third kappa shape index (κ3) is 7.10. The average Bonchev–Trinajstić information content (AvgIpc) is 2.56. The summed E-state index contributed by atoms with van der Waals surface area (Å²) >= 11 is 0. The second kappa shape index (κ2) is 9.27. The van der Waals surface area contributed by atoms with E-state index in [2.05, 4.69) is 33.9 Å². The topological polar surface area (TPSA) is 55.8 Å². The molecule has 0 heterocycles. The van der Waals surface area contributed by atoms with Gasteiger partial charge in [-0.1, -0.05) is 39.0 Å². The van der Waals surface area contributed by atoms with Gasteiger partial charge in [-0.2, -0.15) is 0 Å². The number of rotatable bonds is 8. The highest BCUT2D eigenvalue weighted by Crippen LogP contribution is 2.36. The number of halogens is 1. The van der Waals surface area contributed by atoms with Crippen molar-refractivity contribution in [2.45, 2.75) is 51.4 Å². The van der Waals surface area contributed by atoms with Gasteiger partial charge >= 0.3 is 5.97 Å². The Balaban J connectivity index is 2.47. The van der Waals surface area contributed by atoms with E-state index in [1.165, 1.54) is 0 Å². The highest BCUT2D eigenvalue weighted by molar-refractivity contribution is 6.74. The second-order valence-corrected chi connectivity index (χ2v) is 12.4. The molecular formula is C19H29FO4Si. The molecule has 0 aliphatic carbocycles. The molecule has 25 heavy (non-hydrogen) atoms. The third-order valence-electron chi connectivity index (χ3n) is 4.49. The first-order chi connectivity index (χ1) is 11.6. The normalized spacial score (nSPS) is 14.3. The fraction of sp³-hybridized carbons (Fsp3) is 0.526. The number of hydrogen-bond acceptors (Lipinski definition) is 4. The molecule has 1 aromatic carbocycles. The summed E-state index contributed by atoms with van der Waals surface area (Å²) in [6, 6.07) is 8.50. The van der Waals surface area contributed by atoms with Gasteiger partial charge in [-0.3, -0.25) is 0 Å². The maximum atomic E-state index is 13.0. The van der Waals surface area contributed by atoms with Gasteiger partial charge in [-0.05, 0) is 35.8 Å². The number of aliphatic hydroxyl groups excluding tert-OH is 1. The molecule has 140 valence electrons. The van der Waals surface area contributed by atoms with Gasteiger partial charge in [-0.15, -0.1) is 0 Å². The van der Waals surface area contributed by atoms with Crippen molar-refractivity contribution in [3.05, 3.63) is 47.8 Å². The van der Waals surface area contributed by atoms with Gasteiger partial charge in [0.1, 0.15) is 6.61 Å². The Bertz CT molecular complexity index is 579. The average molecular weight is 369 g/mol. The fourth-order valence-electron chi connectivity index (χ4n) is 1.83. The first-order valence-corrected chi connectivity index (χ1v) is 11.3. The summed E-state index contributed by atoms with van der Waals surface area (Å²) < 4.78 is 24.1. The van der Waals surface area contributed by atoms with Gasteiger partial charge in [0, 0.05) is 6.42 Å². The maximum absolute atomic E-state index is 13.0. The first kappa shape index (κ1) is 21.5. The van der Waals surface area contributed by atoms with E-state index < -0.39 is 20.4 Å². The van der Waals surface area contributed by atoms with E-state index in [1.807, 2.05) is 0 Å². The van der Waals surface area contributed by atoms with Crippen LogP contribution < -0.4 is 0 Å². The van der Waals surface area contributed by atoms with E-state index in [1.54, 1.807) is 30.3 Å². The van der Waals surface area contributed by atoms with Crippen LogP contribution in [0, 0.1) is 0 Å². The highest BCUT2D eigenvalue weighted by atomic mass is 28.4. The Labute approximate surface area is 150 Å². The number of hydrogen-bond donors (Lipinski definition) is 1. The minimum atomic E-state index is -1.97. The Morgan fingerprint density at radius 1 is 1.28 bits per heavy atom. The fourth-order valence-corrected chi connectivity index (χ4v) is 2.88. The van der Waals surface area contributed by atoms with Crippen molar-refractivity contribution in [2.24, 2.45) is 0 Å². The van der Waals surface area contributed by atoms with Crippen molar-refractivity contribution < 1.29 is 23.5 Å². The molecule has 1 rings (SSSR count). The summed E-state index contributed by atoms with van der Waals surface area (Å²) in [6.45, 7) is 10.5. The van der Waals surface area contributed by atoms with Crippen molar-refractivity contribution in [2.75, 3.05) is 13.2 Å². The van der Waals surface area contributed by atoms with Gasteiger partial charge in [0.2, 0.25) is 0 Å². The van der Waals surface area contributed by atoms with Gasteiger partial charge in [0.25, 0.3) is 0 Å². The van der Waals surface area contributed by atoms with Crippen LogP contribution in [0.15, 0.2) is 42.2 Å². The van der Waals surface area contributed by atoms with Crippen molar-refractivity contribution in [3.63, 3.8) is 0 Å². The molecule has 1 N–H and O–H groups in total. The Morgan fingerprint density at radius 2 is 1.88 bits per heavy atom. The Morgan fingerprint density at radius 3 is 2.40 bits per heavy atom. The van der Waals surface area contributed by atoms with Gasteiger partial charge in [-0.25, -0.2) is 9.18 Å². The van der Waals surface area contributed by atoms with Gasteiger partial charge in [0.15, 0.2) is 8.32 Å². The highest BCUT2D eigenvalue weighted by Gasteiger charge is 2.37. The lowest BCUT2D eigenvalue weighted by Gasteiger charge is -2.36. The van der Waals surface area contributed by atoms with Crippen LogP contribution in [-0.4, -0.2) is 38.7 Å². The molecule has 0 aliphatic rings. The van der Waals surface area contributed by atoms with Crippen LogP contribution in [0.5, 0.6) is 0 Å². The molecule has 1 atom stereocenters. The minimum absolute atomic E-state index is 0.0384. The number of carbonyl (C=O) groups is 1. The second-order valence-electron chi connectivity index (χ2n) is 7.64. The van der Waals surface area contributed by atoms with Crippen molar-refractivity contribution in [1.82, 2.24) is 0 Å². The van der Waals surface area contributed by atoms with Crippen LogP contribution in [0.3, 0.4) is 0 Å². The zero-order chi connectivity index (χ0) is 19.1. The SMILES string of the molecule is CC(C)(C)[Si](C)(C)OCC(O)CC(=CF)COC(=O)c1ccccc1. The number of ether oxygens (including phenoxy) is 1.